The number of hydrogen-bond acceptors (Lipinski definition) is 6. The molecule has 0 bridgehead atoms. The minimum atomic E-state index is -3.97. The normalized spacial score (nSPS) is 27.4. The predicted molar refractivity (Wildman–Crippen MR) is 72.7 cm³/mol. The molecule has 0 aromatic heterocycles. The molecule has 1 saturated heterocycles. The summed E-state index contributed by atoms with van der Waals surface area (Å²) in [5, 5.41) is 8.80. The molecule has 2 fully saturated rings. The number of esters is 1. The van der Waals surface area contributed by atoms with Crippen LogP contribution in [0.4, 0.5) is 0 Å². The van der Waals surface area contributed by atoms with Gasteiger partial charge < -0.3 is 9.84 Å². The van der Waals surface area contributed by atoms with E-state index in [1.54, 1.807) is 6.92 Å². The van der Waals surface area contributed by atoms with E-state index in [9.17, 15) is 18.0 Å². The molecule has 9 heteroatoms. The van der Waals surface area contributed by atoms with Gasteiger partial charge in [-0.2, -0.15) is 4.31 Å². The third-order valence-electron chi connectivity index (χ3n) is 3.22. The van der Waals surface area contributed by atoms with Crippen LogP contribution in [0.2, 0.25) is 0 Å². The lowest BCUT2D eigenvalue weighted by molar-refractivity contribution is -0.142. The van der Waals surface area contributed by atoms with E-state index in [1.165, 1.54) is 11.8 Å². The summed E-state index contributed by atoms with van der Waals surface area (Å²) in [7, 11) is -3.97. The molecule has 1 N–H and O–H groups in total. The predicted octanol–water partition coefficient (Wildman–Crippen LogP) is 0.117. The lowest BCUT2D eigenvalue weighted by atomic mass is 10.3. The third kappa shape index (κ3) is 3.26. The van der Waals surface area contributed by atoms with E-state index in [1.807, 2.05) is 0 Å². The Kier molecular flexibility index (Phi) is 4.60. The van der Waals surface area contributed by atoms with E-state index >= 15 is 0 Å². The number of ether oxygens (including phenoxy) is 1. The van der Waals surface area contributed by atoms with Crippen molar-refractivity contribution in [2.24, 2.45) is 5.92 Å². The van der Waals surface area contributed by atoms with Crippen LogP contribution >= 0.6 is 11.8 Å². The van der Waals surface area contributed by atoms with Gasteiger partial charge in [-0.25, -0.2) is 8.42 Å². The average molecular weight is 323 g/mol. The molecular formula is C11H17NO6S2. The standard InChI is InChI=1S/C11H17NO6S2/c1-2-18-9(13)6-20(16,17)12-8(11(14)15)5-19-10(12)7-3-4-7/h7-8,10H,2-6H2,1H3,(H,14,15). The van der Waals surface area contributed by atoms with Crippen molar-refractivity contribution in [3.8, 4) is 0 Å². The maximum atomic E-state index is 12.3. The number of carbonyl (C=O) groups is 2. The van der Waals surface area contributed by atoms with Crippen LogP contribution in [-0.4, -0.2) is 59.3 Å². The molecule has 2 rings (SSSR count). The van der Waals surface area contributed by atoms with Crippen LogP contribution < -0.4 is 0 Å². The zero-order chi connectivity index (χ0) is 14.9. The van der Waals surface area contributed by atoms with Crippen molar-refractivity contribution >= 4 is 33.7 Å². The highest BCUT2D eigenvalue weighted by Gasteiger charge is 2.51. The van der Waals surface area contributed by atoms with Gasteiger partial charge in [0, 0.05) is 5.75 Å². The van der Waals surface area contributed by atoms with E-state index in [4.69, 9.17) is 5.11 Å². The van der Waals surface area contributed by atoms with Gasteiger partial charge >= 0.3 is 11.9 Å². The van der Waals surface area contributed by atoms with Crippen LogP contribution in [-0.2, 0) is 24.3 Å². The molecule has 2 aliphatic rings. The molecule has 1 heterocycles. The Bertz CT molecular complexity index is 501. The Labute approximate surface area is 121 Å². The van der Waals surface area contributed by atoms with Crippen LogP contribution in [0.25, 0.3) is 0 Å². The number of carboxylic acid groups (broad SMARTS) is 1. The summed E-state index contributed by atoms with van der Waals surface area (Å²) < 4.78 is 30.3. The Morgan fingerprint density at radius 3 is 2.55 bits per heavy atom. The van der Waals surface area contributed by atoms with Gasteiger partial charge in [-0.3, -0.25) is 9.59 Å². The van der Waals surface area contributed by atoms with Crippen molar-refractivity contribution in [1.29, 1.82) is 0 Å². The van der Waals surface area contributed by atoms with E-state index in [2.05, 4.69) is 4.74 Å². The second kappa shape index (κ2) is 5.90. The molecule has 7 nitrogen and oxygen atoms in total. The van der Waals surface area contributed by atoms with Gasteiger partial charge in [0.1, 0.15) is 6.04 Å². The molecule has 0 aromatic carbocycles. The molecule has 2 unspecified atom stereocenters. The fourth-order valence-corrected chi connectivity index (χ4v) is 5.96. The molecule has 2 atom stereocenters. The zero-order valence-electron chi connectivity index (χ0n) is 11.0. The molecule has 0 spiro atoms. The molecule has 1 aliphatic heterocycles. The van der Waals surface area contributed by atoms with Gasteiger partial charge in [0.25, 0.3) is 0 Å². The van der Waals surface area contributed by atoms with Gasteiger partial charge in [-0.05, 0) is 25.7 Å². The highest BCUT2D eigenvalue weighted by Crippen LogP contribution is 2.46. The molecule has 114 valence electrons. The SMILES string of the molecule is CCOC(=O)CS(=O)(=O)N1C(C(=O)O)CSC1C1CC1. The van der Waals surface area contributed by atoms with E-state index in [0.29, 0.717) is 0 Å². The summed E-state index contributed by atoms with van der Waals surface area (Å²) in [5.41, 5.74) is 0. The highest BCUT2D eigenvalue weighted by atomic mass is 32.2. The average Bonchev–Trinajstić information content (AvgIpc) is 3.06. The summed E-state index contributed by atoms with van der Waals surface area (Å²) in [6.45, 7) is 1.68. The largest absolute Gasteiger partial charge is 0.480 e. The van der Waals surface area contributed by atoms with Crippen LogP contribution in [0.3, 0.4) is 0 Å². The fraction of sp³-hybridized carbons (Fsp3) is 0.818. The molecule has 1 aliphatic carbocycles. The van der Waals surface area contributed by atoms with Gasteiger partial charge in [-0.15, -0.1) is 11.8 Å². The van der Waals surface area contributed by atoms with E-state index < -0.39 is 33.8 Å². The van der Waals surface area contributed by atoms with Crippen LogP contribution in [0.15, 0.2) is 0 Å². The minimum Gasteiger partial charge on any atom is -0.480 e. The molecule has 0 radical (unpaired) electrons. The first-order chi connectivity index (χ1) is 9.36. The van der Waals surface area contributed by atoms with E-state index in [-0.39, 0.29) is 23.7 Å². The molecular weight excluding hydrogens is 306 g/mol. The fourth-order valence-electron chi connectivity index (χ4n) is 2.20. The summed E-state index contributed by atoms with van der Waals surface area (Å²) in [4.78, 5) is 22.6. The lowest BCUT2D eigenvalue weighted by Gasteiger charge is -2.25. The highest BCUT2D eigenvalue weighted by molar-refractivity contribution is 8.01. The van der Waals surface area contributed by atoms with Crippen molar-refractivity contribution in [3.05, 3.63) is 0 Å². The van der Waals surface area contributed by atoms with Crippen LogP contribution in [0.1, 0.15) is 19.8 Å². The Hall–Kier alpha value is -0.800. The maximum absolute atomic E-state index is 12.3. The van der Waals surface area contributed by atoms with Crippen LogP contribution in [0.5, 0.6) is 0 Å². The summed E-state index contributed by atoms with van der Waals surface area (Å²) in [6, 6.07) is -1.09. The Balaban J connectivity index is 2.19. The number of aliphatic carboxylic acids is 1. The van der Waals surface area contributed by atoms with Gasteiger partial charge in [0.15, 0.2) is 5.75 Å². The van der Waals surface area contributed by atoms with Crippen molar-refractivity contribution in [1.82, 2.24) is 4.31 Å². The van der Waals surface area contributed by atoms with Crippen molar-refractivity contribution in [3.63, 3.8) is 0 Å². The quantitative estimate of drug-likeness (QED) is 0.693. The minimum absolute atomic E-state index is 0.0948. The number of rotatable bonds is 6. The third-order valence-corrected chi connectivity index (χ3v) is 6.54. The second-order valence-corrected chi connectivity index (χ2v) is 7.83. The summed E-state index contributed by atoms with van der Waals surface area (Å²) in [6.07, 6.45) is 1.80. The molecule has 0 amide bonds. The Morgan fingerprint density at radius 1 is 1.40 bits per heavy atom. The first-order valence-corrected chi connectivity index (χ1v) is 9.04. The van der Waals surface area contributed by atoms with Crippen LogP contribution in [0, 0.1) is 5.92 Å². The zero-order valence-corrected chi connectivity index (χ0v) is 12.7. The second-order valence-electron chi connectivity index (χ2n) is 4.81. The van der Waals surface area contributed by atoms with Gasteiger partial charge in [0.2, 0.25) is 10.0 Å². The number of carboxylic acids is 1. The monoisotopic (exact) mass is 323 g/mol. The van der Waals surface area contributed by atoms with Crippen molar-refractivity contribution < 1.29 is 27.9 Å². The molecule has 0 aromatic rings. The topological polar surface area (TPSA) is 101 Å². The maximum Gasteiger partial charge on any atom is 0.322 e. The van der Waals surface area contributed by atoms with Gasteiger partial charge in [-0.1, -0.05) is 0 Å². The van der Waals surface area contributed by atoms with Crippen molar-refractivity contribution in [2.75, 3.05) is 18.1 Å². The first-order valence-electron chi connectivity index (χ1n) is 6.38. The van der Waals surface area contributed by atoms with E-state index in [0.717, 1.165) is 17.1 Å². The van der Waals surface area contributed by atoms with Gasteiger partial charge in [0.05, 0.1) is 12.0 Å². The number of nitrogens with zero attached hydrogens (tertiary/aromatic N) is 1. The molecule has 1 saturated carbocycles. The lowest BCUT2D eigenvalue weighted by Crippen LogP contribution is -2.48. The summed E-state index contributed by atoms with van der Waals surface area (Å²) >= 11 is 1.34. The Morgan fingerprint density at radius 2 is 2.05 bits per heavy atom. The first kappa shape index (κ1) is 15.6. The molecule has 20 heavy (non-hydrogen) atoms. The van der Waals surface area contributed by atoms with Crippen molar-refractivity contribution in [2.45, 2.75) is 31.2 Å². The number of carbonyl (C=O) groups excluding carboxylic acids is 1. The summed E-state index contributed by atoms with van der Waals surface area (Å²) in [5.74, 6) is -2.40. The number of sulfonamides is 1. The number of thioether (sulfide) groups is 1. The smallest absolute Gasteiger partial charge is 0.322 e. The number of hydrogen-bond donors (Lipinski definition) is 1.